The molecule has 25 heavy (non-hydrogen) atoms. The summed E-state index contributed by atoms with van der Waals surface area (Å²) >= 11 is 0. The normalized spacial score (nSPS) is 19.6. The molecule has 0 amide bonds. The van der Waals surface area contributed by atoms with E-state index in [9.17, 15) is 15.0 Å². The molecular weight excluding hydrogens is 320 g/mol. The van der Waals surface area contributed by atoms with Crippen molar-refractivity contribution in [2.75, 3.05) is 7.11 Å². The largest absolute Gasteiger partial charge is 0.504 e. The maximum atomic E-state index is 11.6. The van der Waals surface area contributed by atoms with Crippen LogP contribution in [0.4, 0.5) is 0 Å². The van der Waals surface area contributed by atoms with E-state index in [0.29, 0.717) is 12.2 Å². The van der Waals surface area contributed by atoms with Gasteiger partial charge in [-0.1, -0.05) is 24.3 Å². The smallest absolute Gasteiger partial charge is 0.321 e. The van der Waals surface area contributed by atoms with Gasteiger partial charge in [0, 0.05) is 23.0 Å². The van der Waals surface area contributed by atoms with E-state index in [1.807, 2.05) is 24.3 Å². The quantitative estimate of drug-likeness (QED) is 0.589. The van der Waals surface area contributed by atoms with Crippen LogP contribution in [0.25, 0.3) is 10.9 Å². The number of hydrogen-bond acceptors (Lipinski definition) is 4. The monoisotopic (exact) mass is 338 g/mol. The minimum atomic E-state index is -0.883. The lowest BCUT2D eigenvalue weighted by Gasteiger charge is -2.29. The van der Waals surface area contributed by atoms with Crippen molar-refractivity contribution in [3.8, 4) is 11.5 Å². The fourth-order valence-electron chi connectivity index (χ4n) is 3.53. The van der Waals surface area contributed by atoms with Crippen LogP contribution in [0.2, 0.25) is 0 Å². The molecule has 0 fully saturated rings. The second-order valence-corrected chi connectivity index (χ2v) is 6.19. The molecule has 128 valence electrons. The molecule has 0 spiro atoms. The summed E-state index contributed by atoms with van der Waals surface area (Å²) in [4.78, 5) is 15.1. The van der Waals surface area contributed by atoms with Crippen molar-refractivity contribution in [3.05, 3.63) is 59.3 Å². The van der Waals surface area contributed by atoms with Crippen molar-refractivity contribution in [3.63, 3.8) is 0 Å². The van der Waals surface area contributed by atoms with Crippen molar-refractivity contribution < 1.29 is 19.7 Å². The number of methoxy groups -OCH3 is 1. The van der Waals surface area contributed by atoms with Crippen LogP contribution in [0.3, 0.4) is 0 Å². The Balaban J connectivity index is 1.89. The van der Waals surface area contributed by atoms with Gasteiger partial charge in [0.1, 0.15) is 6.04 Å². The van der Waals surface area contributed by atoms with Gasteiger partial charge in [-0.15, -0.1) is 0 Å². The number of ether oxygens (including phenoxy) is 1. The Morgan fingerprint density at radius 1 is 1.24 bits per heavy atom. The number of carboxylic acids is 1. The van der Waals surface area contributed by atoms with Gasteiger partial charge < -0.3 is 19.9 Å². The van der Waals surface area contributed by atoms with Crippen LogP contribution in [0, 0.1) is 0 Å². The number of benzene rings is 2. The van der Waals surface area contributed by atoms with E-state index < -0.39 is 12.0 Å². The SMILES string of the molecule is COc1cc([C@H]2N[C@H](C(=O)O)Cc3c2[nH]c2ccccc32)ccc1O. The zero-order valence-corrected chi connectivity index (χ0v) is 13.6. The topological polar surface area (TPSA) is 94.6 Å². The zero-order chi connectivity index (χ0) is 17.6. The van der Waals surface area contributed by atoms with Crippen molar-refractivity contribution in [1.29, 1.82) is 0 Å². The number of para-hydroxylation sites is 1. The third kappa shape index (κ3) is 2.51. The Hall–Kier alpha value is -2.99. The molecule has 0 radical (unpaired) electrons. The van der Waals surface area contributed by atoms with Crippen molar-refractivity contribution in [1.82, 2.24) is 10.3 Å². The third-order valence-electron chi connectivity index (χ3n) is 4.75. The third-order valence-corrected chi connectivity index (χ3v) is 4.75. The van der Waals surface area contributed by atoms with E-state index in [0.717, 1.165) is 27.7 Å². The Kier molecular flexibility index (Phi) is 3.62. The molecule has 1 aliphatic heterocycles. The predicted molar refractivity (Wildman–Crippen MR) is 93.1 cm³/mol. The molecule has 6 nitrogen and oxygen atoms in total. The van der Waals surface area contributed by atoms with Gasteiger partial charge in [-0.2, -0.15) is 0 Å². The number of aromatic nitrogens is 1. The highest BCUT2D eigenvalue weighted by Gasteiger charge is 2.34. The maximum Gasteiger partial charge on any atom is 0.321 e. The van der Waals surface area contributed by atoms with Crippen LogP contribution in [0.15, 0.2) is 42.5 Å². The number of phenolic OH excluding ortho intramolecular Hbond substituents is 1. The number of hydrogen-bond donors (Lipinski definition) is 4. The van der Waals surface area contributed by atoms with Crippen molar-refractivity contribution >= 4 is 16.9 Å². The standard InChI is InChI=1S/C19H18N2O4/c1-25-16-8-10(6-7-15(16)22)17-18-12(9-14(21-17)19(23)24)11-4-2-3-5-13(11)20-18/h2-8,14,17,20-22H,9H2,1H3,(H,23,24)/t14-,17+/m0/s1. The van der Waals surface area contributed by atoms with Crippen LogP contribution in [0.1, 0.15) is 22.9 Å². The molecule has 2 atom stereocenters. The number of phenols is 1. The van der Waals surface area contributed by atoms with E-state index in [4.69, 9.17) is 4.74 Å². The van der Waals surface area contributed by atoms with Crippen LogP contribution in [0.5, 0.6) is 11.5 Å². The fraction of sp³-hybridized carbons (Fsp3) is 0.211. The van der Waals surface area contributed by atoms with E-state index >= 15 is 0 Å². The number of aromatic amines is 1. The number of aliphatic carboxylic acids is 1. The molecule has 0 bridgehead atoms. The second-order valence-electron chi connectivity index (χ2n) is 6.19. The van der Waals surface area contributed by atoms with E-state index in [-0.39, 0.29) is 11.8 Å². The molecule has 6 heteroatoms. The first-order valence-electron chi connectivity index (χ1n) is 8.03. The number of carbonyl (C=O) groups is 1. The molecule has 2 aromatic carbocycles. The number of rotatable bonds is 3. The Morgan fingerprint density at radius 2 is 2.04 bits per heavy atom. The number of H-pyrrole nitrogens is 1. The summed E-state index contributed by atoms with van der Waals surface area (Å²) in [5, 5.41) is 23.6. The van der Waals surface area contributed by atoms with Gasteiger partial charge in [-0.25, -0.2) is 0 Å². The molecule has 0 unspecified atom stereocenters. The van der Waals surface area contributed by atoms with Gasteiger partial charge in [-0.05, 0) is 29.3 Å². The average molecular weight is 338 g/mol. The minimum Gasteiger partial charge on any atom is -0.504 e. The van der Waals surface area contributed by atoms with Gasteiger partial charge in [0.05, 0.1) is 13.2 Å². The number of aromatic hydroxyl groups is 1. The first kappa shape index (κ1) is 15.5. The first-order chi connectivity index (χ1) is 12.1. The molecule has 4 rings (SSSR count). The summed E-state index contributed by atoms with van der Waals surface area (Å²) in [5.74, 6) is -0.477. The number of fused-ring (bicyclic) bond motifs is 3. The summed E-state index contributed by atoms with van der Waals surface area (Å²) in [6.07, 6.45) is 0.417. The lowest BCUT2D eigenvalue weighted by atomic mass is 9.90. The van der Waals surface area contributed by atoms with E-state index in [2.05, 4.69) is 10.3 Å². The molecule has 2 heterocycles. The minimum absolute atomic E-state index is 0.0497. The summed E-state index contributed by atoms with van der Waals surface area (Å²) in [7, 11) is 1.49. The average Bonchev–Trinajstić information content (AvgIpc) is 3.00. The van der Waals surface area contributed by atoms with Crippen molar-refractivity contribution in [2.45, 2.75) is 18.5 Å². The second kappa shape index (κ2) is 5.82. The van der Waals surface area contributed by atoms with Gasteiger partial charge >= 0.3 is 5.97 Å². The first-order valence-corrected chi connectivity index (χ1v) is 8.03. The highest BCUT2D eigenvalue weighted by Crippen LogP contribution is 2.37. The molecule has 1 aromatic heterocycles. The molecule has 3 aromatic rings. The molecule has 4 N–H and O–H groups in total. The zero-order valence-electron chi connectivity index (χ0n) is 13.6. The Labute approximate surface area is 144 Å². The summed E-state index contributed by atoms with van der Waals surface area (Å²) in [6, 6.07) is 11.9. The summed E-state index contributed by atoms with van der Waals surface area (Å²) in [5.41, 5.74) is 3.77. The highest BCUT2D eigenvalue weighted by molar-refractivity contribution is 5.87. The molecule has 0 saturated heterocycles. The molecule has 0 saturated carbocycles. The predicted octanol–water partition coefficient (Wildman–Crippen LogP) is 2.57. The summed E-state index contributed by atoms with van der Waals surface area (Å²) in [6.45, 7) is 0. The number of nitrogens with one attached hydrogen (secondary N) is 2. The van der Waals surface area contributed by atoms with E-state index in [1.54, 1.807) is 18.2 Å². The van der Waals surface area contributed by atoms with Gasteiger partial charge in [0.2, 0.25) is 0 Å². The van der Waals surface area contributed by atoms with Crippen LogP contribution < -0.4 is 10.1 Å². The molecule has 0 aliphatic carbocycles. The fourth-order valence-corrected chi connectivity index (χ4v) is 3.53. The van der Waals surface area contributed by atoms with Gasteiger partial charge in [0.25, 0.3) is 0 Å². The maximum absolute atomic E-state index is 11.6. The van der Waals surface area contributed by atoms with Crippen LogP contribution in [-0.4, -0.2) is 34.3 Å². The van der Waals surface area contributed by atoms with Crippen molar-refractivity contribution in [2.24, 2.45) is 0 Å². The Morgan fingerprint density at radius 3 is 2.80 bits per heavy atom. The lowest BCUT2D eigenvalue weighted by Crippen LogP contribution is -2.44. The summed E-state index contributed by atoms with van der Waals surface area (Å²) < 4.78 is 5.19. The van der Waals surface area contributed by atoms with Crippen LogP contribution >= 0.6 is 0 Å². The van der Waals surface area contributed by atoms with Crippen LogP contribution in [-0.2, 0) is 11.2 Å². The van der Waals surface area contributed by atoms with E-state index in [1.165, 1.54) is 7.11 Å². The van der Waals surface area contributed by atoms with Gasteiger partial charge in [-0.3, -0.25) is 10.1 Å². The Bertz CT molecular complexity index is 963. The molecular formula is C19H18N2O4. The number of carboxylic acid groups (broad SMARTS) is 1. The lowest BCUT2D eigenvalue weighted by molar-refractivity contribution is -0.139. The molecule has 1 aliphatic rings. The van der Waals surface area contributed by atoms with Gasteiger partial charge in [0.15, 0.2) is 11.5 Å². The highest BCUT2D eigenvalue weighted by atomic mass is 16.5.